The van der Waals surface area contributed by atoms with E-state index in [1.54, 1.807) is 6.07 Å². The van der Waals surface area contributed by atoms with Crippen molar-refractivity contribution in [3.8, 4) is 0 Å². The second-order valence-electron chi connectivity index (χ2n) is 2.34. The molecule has 0 fully saturated rings. The van der Waals surface area contributed by atoms with Gasteiger partial charge in [-0.2, -0.15) is 0 Å². The Morgan fingerprint density at radius 3 is 2.23 bits per heavy atom. The average Bonchev–Trinajstić information content (AvgIpc) is 2.03. The topological polar surface area (TPSA) is 51.2 Å². The van der Waals surface area contributed by atoms with Gasteiger partial charge in [0.15, 0.2) is 0 Å². The summed E-state index contributed by atoms with van der Waals surface area (Å²) >= 11 is 0. The molecule has 0 bridgehead atoms. The fourth-order valence-corrected chi connectivity index (χ4v) is 3.28. The monoisotopic (exact) mass is 238 g/mol. The number of hydrogen-bond donors (Lipinski definition) is 0. The van der Waals surface area contributed by atoms with E-state index in [4.69, 9.17) is 10.7 Å². The van der Waals surface area contributed by atoms with Crippen molar-refractivity contribution in [2.45, 2.75) is 9.79 Å². The lowest BCUT2D eigenvalue weighted by atomic mass is 10.4. The molecule has 3 nitrogen and oxygen atoms in total. The molecule has 1 rings (SSSR count). The van der Waals surface area contributed by atoms with Gasteiger partial charge in [0.2, 0.25) is 0 Å². The molecule has 1 aromatic carbocycles. The average molecular weight is 239 g/mol. The summed E-state index contributed by atoms with van der Waals surface area (Å²) in [5.41, 5.74) is 0. The molecule has 0 saturated heterocycles. The van der Waals surface area contributed by atoms with E-state index in [1.807, 2.05) is 0 Å². The van der Waals surface area contributed by atoms with Crippen LogP contribution in [0.3, 0.4) is 0 Å². The Bertz CT molecular complexity index is 439. The molecule has 0 aromatic heterocycles. The van der Waals surface area contributed by atoms with E-state index in [-0.39, 0.29) is 9.79 Å². The van der Waals surface area contributed by atoms with E-state index in [2.05, 4.69) is 0 Å². The van der Waals surface area contributed by atoms with Crippen molar-refractivity contribution in [1.29, 1.82) is 0 Å². The van der Waals surface area contributed by atoms with E-state index < -0.39 is 19.9 Å². The molecular weight excluding hydrogens is 232 g/mol. The Labute approximate surface area is 83.6 Å². The van der Waals surface area contributed by atoms with E-state index in [9.17, 15) is 12.6 Å². The second kappa shape index (κ2) is 3.77. The molecule has 72 valence electrons. The summed E-state index contributed by atoms with van der Waals surface area (Å²) in [6, 6.07) is 5.96. The van der Waals surface area contributed by atoms with Crippen molar-refractivity contribution < 1.29 is 12.6 Å². The highest BCUT2D eigenvalue weighted by molar-refractivity contribution is 8.14. The van der Waals surface area contributed by atoms with Gasteiger partial charge in [-0.3, -0.25) is 4.21 Å². The molecule has 1 atom stereocenters. The first-order valence-electron chi connectivity index (χ1n) is 3.30. The molecule has 0 spiro atoms. The lowest BCUT2D eigenvalue weighted by molar-refractivity contribution is 0.607. The van der Waals surface area contributed by atoms with Crippen LogP contribution >= 0.6 is 10.7 Å². The minimum absolute atomic E-state index is 0.0856. The van der Waals surface area contributed by atoms with Crippen LogP contribution in [0.15, 0.2) is 34.1 Å². The van der Waals surface area contributed by atoms with E-state index in [1.165, 1.54) is 24.5 Å². The molecule has 0 amide bonds. The number of halogens is 1. The summed E-state index contributed by atoms with van der Waals surface area (Å²) in [6.07, 6.45) is 1.40. The lowest BCUT2D eigenvalue weighted by Gasteiger charge is -2.01. The zero-order valence-corrected chi connectivity index (χ0v) is 9.12. The molecule has 0 heterocycles. The number of hydrogen-bond acceptors (Lipinski definition) is 3. The first kappa shape index (κ1) is 10.7. The van der Waals surface area contributed by atoms with Gasteiger partial charge in [-0.05, 0) is 12.1 Å². The van der Waals surface area contributed by atoms with Crippen LogP contribution in [-0.2, 0) is 19.9 Å². The standard InChI is InChI=1S/C7H7ClO3S2/c1-12(9)6-4-2-3-5-7(6)13(8,10)11/h2-5H,1H3. The molecule has 0 N–H and O–H groups in total. The third kappa shape index (κ3) is 2.52. The Morgan fingerprint density at radius 1 is 1.31 bits per heavy atom. The van der Waals surface area contributed by atoms with Crippen LogP contribution in [0.4, 0.5) is 0 Å². The molecule has 6 heteroatoms. The van der Waals surface area contributed by atoms with Crippen LogP contribution in [-0.4, -0.2) is 18.9 Å². The lowest BCUT2D eigenvalue weighted by Crippen LogP contribution is -1.98. The Kier molecular flexibility index (Phi) is 3.10. The zero-order valence-electron chi connectivity index (χ0n) is 6.73. The van der Waals surface area contributed by atoms with Gasteiger partial charge >= 0.3 is 0 Å². The molecule has 1 unspecified atom stereocenters. The number of rotatable bonds is 2. The Hall–Kier alpha value is -0.390. The van der Waals surface area contributed by atoms with Crippen molar-refractivity contribution >= 4 is 30.5 Å². The molecule has 0 aliphatic carbocycles. The highest BCUT2D eigenvalue weighted by Gasteiger charge is 2.16. The van der Waals surface area contributed by atoms with E-state index >= 15 is 0 Å². The van der Waals surface area contributed by atoms with Crippen molar-refractivity contribution in [3.05, 3.63) is 24.3 Å². The highest BCUT2D eigenvalue weighted by Crippen LogP contribution is 2.21. The van der Waals surface area contributed by atoms with Crippen LogP contribution in [0, 0.1) is 0 Å². The molecule has 0 radical (unpaired) electrons. The van der Waals surface area contributed by atoms with Crippen molar-refractivity contribution in [2.75, 3.05) is 6.26 Å². The predicted octanol–water partition coefficient (Wildman–Crippen LogP) is 1.35. The van der Waals surface area contributed by atoms with Crippen molar-refractivity contribution in [2.24, 2.45) is 0 Å². The molecule has 0 saturated carbocycles. The summed E-state index contributed by atoms with van der Waals surface area (Å²) in [5, 5.41) is 0. The SMILES string of the molecule is CS(=O)c1ccccc1S(=O)(=O)Cl. The summed E-state index contributed by atoms with van der Waals surface area (Å²) in [6.45, 7) is 0. The third-order valence-corrected chi connectivity index (χ3v) is 3.91. The Morgan fingerprint density at radius 2 is 1.85 bits per heavy atom. The molecular formula is C7H7ClO3S2. The second-order valence-corrected chi connectivity index (χ2v) is 6.22. The summed E-state index contributed by atoms with van der Waals surface area (Å²) < 4.78 is 33.1. The van der Waals surface area contributed by atoms with Gasteiger partial charge in [0, 0.05) is 16.9 Å². The maximum atomic E-state index is 11.1. The normalized spacial score (nSPS) is 14.0. The maximum Gasteiger partial charge on any atom is 0.262 e. The van der Waals surface area contributed by atoms with Crippen LogP contribution < -0.4 is 0 Å². The van der Waals surface area contributed by atoms with E-state index in [0.29, 0.717) is 0 Å². The zero-order chi connectivity index (χ0) is 10.1. The van der Waals surface area contributed by atoms with Crippen LogP contribution in [0.5, 0.6) is 0 Å². The third-order valence-electron chi connectivity index (χ3n) is 1.42. The minimum atomic E-state index is -3.80. The van der Waals surface area contributed by atoms with Crippen LogP contribution in [0.25, 0.3) is 0 Å². The van der Waals surface area contributed by atoms with Crippen molar-refractivity contribution in [1.82, 2.24) is 0 Å². The van der Waals surface area contributed by atoms with Gasteiger partial charge in [0.25, 0.3) is 9.05 Å². The molecule has 1 aromatic rings. The van der Waals surface area contributed by atoms with E-state index in [0.717, 1.165) is 0 Å². The first-order valence-corrected chi connectivity index (χ1v) is 7.17. The van der Waals surface area contributed by atoms with Crippen LogP contribution in [0.2, 0.25) is 0 Å². The van der Waals surface area contributed by atoms with Crippen LogP contribution in [0.1, 0.15) is 0 Å². The smallest absolute Gasteiger partial charge is 0.255 e. The fraction of sp³-hybridized carbons (Fsp3) is 0.143. The van der Waals surface area contributed by atoms with Crippen molar-refractivity contribution in [3.63, 3.8) is 0 Å². The molecule has 0 aliphatic rings. The number of benzene rings is 1. The summed E-state index contributed by atoms with van der Waals surface area (Å²) in [7, 11) is -0.00437. The van der Waals surface area contributed by atoms with Gasteiger partial charge in [-0.25, -0.2) is 8.42 Å². The summed E-state index contributed by atoms with van der Waals surface area (Å²) in [4.78, 5) is 0.148. The van der Waals surface area contributed by atoms with Gasteiger partial charge < -0.3 is 0 Å². The highest BCUT2D eigenvalue weighted by atomic mass is 35.7. The largest absolute Gasteiger partial charge is 0.262 e. The first-order chi connectivity index (χ1) is 5.93. The van der Waals surface area contributed by atoms with Gasteiger partial charge in [0.05, 0.1) is 20.6 Å². The minimum Gasteiger partial charge on any atom is -0.255 e. The Balaban J connectivity index is 3.46. The molecule has 13 heavy (non-hydrogen) atoms. The molecule has 0 aliphatic heterocycles. The quantitative estimate of drug-likeness (QED) is 0.731. The predicted molar refractivity (Wildman–Crippen MR) is 51.8 cm³/mol. The summed E-state index contributed by atoms with van der Waals surface area (Å²) in [5.74, 6) is 0. The van der Waals surface area contributed by atoms with Gasteiger partial charge in [0.1, 0.15) is 0 Å². The van der Waals surface area contributed by atoms with Gasteiger partial charge in [-0.15, -0.1) is 0 Å². The maximum absolute atomic E-state index is 11.1. The fourth-order valence-electron chi connectivity index (χ4n) is 0.889. The van der Waals surface area contributed by atoms with Gasteiger partial charge in [-0.1, -0.05) is 12.1 Å².